The molecule has 124 valence electrons. The van der Waals surface area contributed by atoms with Crippen molar-refractivity contribution in [2.24, 2.45) is 5.73 Å². The van der Waals surface area contributed by atoms with E-state index < -0.39 is 24.2 Å². The van der Waals surface area contributed by atoms with Crippen molar-refractivity contribution >= 4 is 23.6 Å². The molecule has 0 aromatic heterocycles. The zero-order chi connectivity index (χ0) is 16.4. The predicted octanol–water partition coefficient (Wildman–Crippen LogP) is 0.482. The molecule has 0 radical (unpaired) electrons. The van der Waals surface area contributed by atoms with Crippen LogP contribution < -0.4 is 5.73 Å². The number of hydrogen-bond donors (Lipinski definition) is 2. The number of fused-ring (bicyclic) bond motifs is 1. The van der Waals surface area contributed by atoms with E-state index in [9.17, 15) is 14.7 Å². The third-order valence-corrected chi connectivity index (χ3v) is 5.47. The van der Waals surface area contributed by atoms with E-state index in [2.05, 4.69) is 0 Å². The van der Waals surface area contributed by atoms with Crippen molar-refractivity contribution in [1.82, 2.24) is 4.90 Å². The van der Waals surface area contributed by atoms with Crippen molar-refractivity contribution in [3.05, 3.63) is 35.9 Å². The molecule has 4 atom stereocenters. The molecule has 1 aromatic rings. The van der Waals surface area contributed by atoms with Gasteiger partial charge in [0.05, 0.1) is 17.5 Å². The van der Waals surface area contributed by atoms with Gasteiger partial charge in [0.15, 0.2) is 6.04 Å². The molecule has 0 unspecified atom stereocenters. The summed E-state index contributed by atoms with van der Waals surface area (Å²) in [6, 6.07) is 7.71. The standard InChI is InChI=1S/C16H20N2O4S/c17-11-6-7-23-13-8-12(19)14(18(13)15(11)20)16(21)22-9-10-4-2-1-3-5-10/h1-5,11-14,19H,6-9,17H2/t11-,12-,13-,14-/m0/s1. The number of carbonyl (C=O) groups is 2. The minimum absolute atomic E-state index is 0.120. The summed E-state index contributed by atoms with van der Waals surface area (Å²) in [5, 5.41) is 10.0. The number of esters is 1. The number of nitrogens with two attached hydrogens (primary N) is 1. The fourth-order valence-corrected chi connectivity index (χ4v) is 4.36. The molecule has 0 spiro atoms. The minimum Gasteiger partial charge on any atom is -0.459 e. The molecule has 23 heavy (non-hydrogen) atoms. The van der Waals surface area contributed by atoms with E-state index in [0.29, 0.717) is 12.8 Å². The Morgan fingerprint density at radius 3 is 2.87 bits per heavy atom. The summed E-state index contributed by atoms with van der Waals surface area (Å²) in [6.45, 7) is 0.120. The van der Waals surface area contributed by atoms with Crippen LogP contribution in [0.1, 0.15) is 18.4 Å². The van der Waals surface area contributed by atoms with Crippen LogP contribution in [0, 0.1) is 0 Å². The Bertz CT molecular complexity index is 583. The van der Waals surface area contributed by atoms with E-state index >= 15 is 0 Å². The number of aliphatic hydroxyl groups excluding tert-OH is 1. The summed E-state index contributed by atoms with van der Waals surface area (Å²) >= 11 is 1.56. The Morgan fingerprint density at radius 2 is 2.13 bits per heavy atom. The molecule has 2 aliphatic heterocycles. The molecule has 3 rings (SSSR count). The maximum absolute atomic E-state index is 12.4. The third kappa shape index (κ3) is 3.36. The highest BCUT2D eigenvalue weighted by molar-refractivity contribution is 7.99. The van der Waals surface area contributed by atoms with E-state index in [4.69, 9.17) is 10.5 Å². The summed E-state index contributed by atoms with van der Waals surface area (Å²) < 4.78 is 5.31. The summed E-state index contributed by atoms with van der Waals surface area (Å²) in [5.74, 6) is -0.114. The molecule has 6 nitrogen and oxygen atoms in total. The fraction of sp³-hybridized carbons (Fsp3) is 0.500. The van der Waals surface area contributed by atoms with Crippen LogP contribution in [-0.4, -0.2) is 51.2 Å². The number of thioether (sulfide) groups is 1. The van der Waals surface area contributed by atoms with Gasteiger partial charge in [0.2, 0.25) is 5.91 Å². The zero-order valence-electron chi connectivity index (χ0n) is 12.6. The molecule has 0 saturated carbocycles. The molecule has 2 fully saturated rings. The van der Waals surface area contributed by atoms with Crippen LogP contribution in [0.3, 0.4) is 0 Å². The highest BCUT2D eigenvalue weighted by Crippen LogP contribution is 2.36. The van der Waals surface area contributed by atoms with E-state index in [1.165, 1.54) is 4.90 Å². The van der Waals surface area contributed by atoms with Crippen LogP contribution in [0.15, 0.2) is 30.3 Å². The van der Waals surface area contributed by atoms with Gasteiger partial charge in [0.1, 0.15) is 6.61 Å². The fourth-order valence-electron chi connectivity index (χ4n) is 2.97. The highest BCUT2D eigenvalue weighted by Gasteiger charge is 2.50. The Kier molecular flexibility index (Phi) is 4.89. The lowest BCUT2D eigenvalue weighted by Crippen LogP contribution is -2.52. The van der Waals surface area contributed by atoms with Crippen molar-refractivity contribution in [3.63, 3.8) is 0 Å². The van der Waals surface area contributed by atoms with Crippen molar-refractivity contribution in [2.75, 3.05) is 5.75 Å². The van der Waals surface area contributed by atoms with E-state index in [1.807, 2.05) is 30.3 Å². The molecule has 0 aliphatic carbocycles. The zero-order valence-corrected chi connectivity index (χ0v) is 13.4. The largest absolute Gasteiger partial charge is 0.459 e. The second kappa shape index (κ2) is 6.90. The van der Waals surface area contributed by atoms with E-state index in [1.54, 1.807) is 11.8 Å². The molecule has 2 saturated heterocycles. The topological polar surface area (TPSA) is 92.9 Å². The van der Waals surface area contributed by atoms with Crippen LogP contribution >= 0.6 is 11.8 Å². The van der Waals surface area contributed by atoms with Gasteiger partial charge in [0, 0.05) is 6.42 Å². The first-order valence-corrected chi connectivity index (χ1v) is 8.71. The Morgan fingerprint density at radius 1 is 1.39 bits per heavy atom. The van der Waals surface area contributed by atoms with Crippen LogP contribution in [0.25, 0.3) is 0 Å². The summed E-state index contributed by atoms with van der Waals surface area (Å²) in [5.41, 5.74) is 6.73. The molecule has 3 N–H and O–H groups in total. The number of rotatable bonds is 3. The molecule has 2 aliphatic rings. The van der Waals surface area contributed by atoms with Crippen molar-refractivity contribution in [3.8, 4) is 0 Å². The number of aliphatic hydroxyl groups is 1. The summed E-state index contributed by atoms with van der Waals surface area (Å²) in [4.78, 5) is 26.3. The predicted molar refractivity (Wildman–Crippen MR) is 86.3 cm³/mol. The summed E-state index contributed by atoms with van der Waals surface area (Å²) in [7, 11) is 0. The van der Waals surface area contributed by atoms with Crippen molar-refractivity contribution in [1.29, 1.82) is 0 Å². The average Bonchev–Trinajstić information content (AvgIpc) is 2.82. The minimum atomic E-state index is -0.965. The average molecular weight is 336 g/mol. The van der Waals surface area contributed by atoms with E-state index in [0.717, 1.165) is 11.3 Å². The maximum Gasteiger partial charge on any atom is 0.331 e. The monoisotopic (exact) mass is 336 g/mol. The van der Waals surface area contributed by atoms with Gasteiger partial charge in [-0.1, -0.05) is 30.3 Å². The van der Waals surface area contributed by atoms with Crippen LogP contribution in [0.5, 0.6) is 0 Å². The summed E-state index contributed by atoms with van der Waals surface area (Å²) in [6.07, 6.45) is 0.0390. The maximum atomic E-state index is 12.4. The van der Waals surface area contributed by atoms with Crippen molar-refractivity contribution in [2.45, 2.75) is 43.0 Å². The van der Waals surface area contributed by atoms with Gasteiger partial charge in [-0.3, -0.25) is 4.79 Å². The number of hydrogen-bond acceptors (Lipinski definition) is 6. The second-order valence-electron chi connectivity index (χ2n) is 5.81. The van der Waals surface area contributed by atoms with Crippen LogP contribution in [0.4, 0.5) is 0 Å². The van der Waals surface area contributed by atoms with Gasteiger partial charge < -0.3 is 20.5 Å². The number of nitrogens with zero attached hydrogens (tertiary/aromatic N) is 1. The number of amides is 1. The lowest BCUT2D eigenvalue weighted by Gasteiger charge is -2.28. The van der Waals surface area contributed by atoms with Gasteiger partial charge in [-0.05, 0) is 17.7 Å². The van der Waals surface area contributed by atoms with Crippen LogP contribution in [0.2, 0.25) is 0 Å². The highest BCUT2D eigenvalue weighted by atomic mass is 32.2. The van der Waals surface area contributed by atoms with Gasteiger partial charge >= 0.3 is 5.97 Å². The smallest absolute Gasteiger partial charge is 0.331 e. The van der Waals surface area contributed by atoms with Gasteiger partial charge in [-0.15, -0.1) is 11.8 Å². The molecule has 0 bridgehead atoms. The van der Waals surface area contributed by atoms with Crippen LogP contribution in [-0.2, 0) is 20.9 Å². The quantitative estimate of drug-likeness (QED) is 0.780. The third-order valence-electron chi connectivity index (χ3n) is 4.19. The lowest BCUT2D eigenvalue weighted by atomic mass is 10.1. The number of carbonyl (C=O) groups excluding carboxylic acids is 2. The molecule has 1 aromatic carbocycles. The normalized spacial score (nSPS) is 30.7. The first kappa shape index (κ1) is 16.3. The van der Waals surface area contributed by atoms with Gasteiger partial charge in [-0.2, -0.15) is 0 Å². The van der Waals surface area contributed by atoms with Crippen molar-refractivity contribution < 1.29 is 19.4 Å². The molecule has 1 amide bonds. The molecule has 7 heteroatoms. The Balaban J connectivity index is 1.71. The molecule has 2 heterocycles. The first-order valence-electron chi connectivity index (χ1n) is 7.66. The number of ether oxygens (including phenoxy) is 1. The Hall–Kier alpha value is -1.57. The van der Waals surface area contributed by atoms with Gasteiger partial charge in [-0.25, -0.2) is 4.79 Å². The Labute approximate surface area is 139 Å². The first-order chi connectivity index (χ1) is 11.1. The van der Waals surface area contributed by atoms with E-state index in [-0.39, 0.29) is 17.9 Å². The molecular formula is C16H20N2O4S. The van der Waals surface area contributed by atoms with Gasteiger partial charge in [0.25, 0.3) is 0 Å². The SMILES string of the molecule is N[C@H]1CCS[C@H]2C[C@H](O)[C@@H](C(=O)OCc3ccccc3)N2C1=O. The number of benzene rings is 1. The second-order valence-corrected chi connectivity index (χ2v) is 7.09. The lowest BCUT2D eigenvalue weighted by molar-refractivity contribution is -0.158. The molecular weight excluding hydrogens is 316 g/mol.